The molecule has 14 heavy (non-hydrogen) atoms. The molecule has 0 aliphatic heterocycles. The molecule has 0 aliphatic rings. The summed E-state index contributed by atoms with van der Waals surface area (Å²) in [6.07, 6.45) is 4.69. The lowest BCUT2D eigenvalue weighted by Crippen LogP contribution is -2.29. The molecule has 1 aromatic rings. The number of hydrogen-bond acceptors (Lipinski definition) is 2. The molecule has 0 saturated heterocycles. The van der Waals surface area contributed by atoms with E-state index in [1.807, 2.05) is 18.2 Å². The van der Waals surface area contributed by atoms with Crippen LogP contribution in [0.15, 0.2) is 30.3 Å². The predicted molar refractivity (Wildman–Crippen MR) is 63.1 cm³/mol. The topological polar surface area (TPSA) is 29.5 Å². The number of amides is 1. The maximum atomic E-state index is 11.3. The molecule has 0 aromatic heterocycles. The molecule has 0 aliphatic carbocycles. The van der Waals surface area contributed by atoms with E-state index >= 15 is 0 Å². The van der Waals surface area contributed by atoms with Gasteiger partial charge in [0.15, 0.2) is 23.0 Å². The van der Waals surface area contributed by atoms with Crippen molar-refractivity contribution < 1.29 is 7.86 Å². The van der Waals surface area contributed by atoms with Crippen molar-refractivity contribution in [2.45, 2.75) is 0 Å². The van der Waals surface area contributed by atoms with Crippen LogP contribution >= 0.6 is 23.0 Å². The van der Waals surface area contributed by atoms with Crippen LogP contribution in [0.4, 0.5) is 10.5 Å². The van der Waals surface area contributed by atoms with Crippen LogP contribution in [0.5, 0.6) is 0 Å². The number of nitrogens with zero attached hydrogens (tertiary/aromatic N) is 1. The highest BCUT2D eigenvalue weighted by Crippen LogP contribution is 2.14. The molecule has 1 amide bonds. The summed E-state index contributed by atoms with van der Waals surface area (Å²) in [5, 5.41) is 0. The molecule has 0 spiro atoms. The first-order chi connectivity index (χ1) is 6.79. The minimum Gasteiger partial charge on any atom is -0.378 e. The highest BCUT2D eigenvalue weighted by atomic mass is 127. The Bertz CT molecular complexity index is 345. The number of benzene rings is 1. The van der Waals surface area contributed by atoms with Gasteiger partial charge in [-0.15, -0.1) is 6.42 Å². The van der Waals surface area contributed by atoms with Crippen molar-refractivity contribution in [1.29, 1.82) is 0 Å². The van der Waals surface area contributed by atoms with Gasteiger partial charge < -0.3 is 3.07 Å². The largest absolute Gasteiger partial charge is 0.424 e. The van der Waals surface area contributed by atoms with Crippen LogP contribution in [0.25, 0.3) is 0 Å². The summed E-state index contributed by atoms with van der Waals surface area (Å²) >= 11 is 1.54. The number of anilines is 1. The van der Waals surface area contributed by atoms with E-state index in [0.29, 0.717) is 0 Å². The van der Waals surface area contributed by atoms with E-state index < -0.39 is 6.09 Å². The molecule has 0 N–H and O–H groups in total. The molecule has 1 aromatic carbocycles. The fourth-order valence-electron chi connectivity index (χ4n) is 1.00. The zero-order chi connectivity index (χ0) is 10.4. The molecule has 0 bridgehead atoms. The van der Waals surface area contributed by atoms with Crippen molar-refractivity contribution in [1.82, 2.24) is 0 Å². The zero-order valence-electron chi connectivity index (χ0n) is 7.31. The van der Waals surface area contributed by atoms with Crippen LogP contribution < -0.4 is 4.90 Å². The number of para-hydroxylation sites is 1. The van der Waals surface area contributed by atoms with Crippen molar-refractivity contribution in [3.63, 3.8) is 0 Å². The van der Waals surface area contributed by atoms with Gasteiger partial charge in [-0.2, -0.15) is 0 Å². The first-order valence-electron chi connectivity index (χ1n) is 3.88. The van der Waals surface area contributed by atoms with Crippen LogP contribution in [0, 0.1) is 12.3 Å². The van der Waals surface area contributed by atoms with Gasteiger partial charge in [0.25, 0.3) is 0 Å². The van der Waals surface area contributed by atoms with Gasteiger partial charge in [-0.25, -0.2) is 4.79 Å². The zero-order valence-corrected chi connectivity index (χ0v) is 9.47. The Morgan fingerprint density at radius 1 is 1.50 bits per heavy atom. The summed E-state index contributed by atoms with van der Waals surface area (Å²) in [4.78, 5) is 12.7. The summed E-state index contributed by atoms with van der Waals surface area (Å²) in [6, 6.07) is 9.13. The van der Waals surface area contributed by atoms with Gasteiger partial charge in [0, 0.05) is 5.69 Å². The monoisotopic (exact) mass is 301 g/mol. The summed E-state index contributed by atoms with van der Waals surface area (Å²) in [7, 11) is 0. The first-order valence-corrected chi connectivity index (χ1v) is 4.76. The summed E-state index contributed by atoms with van der Waals surface area (Å²) in [6.45, 7) is 0.200. The van der Waals surface area contributed by atoms with Crippen molar-refractivity contribution in [3.8, 4) is 12.3 Å². The third-order valence-corrected chi connectivity index (χ3v) is 1.98. The molecule has 3 nitrogen and oxygen atoms in total. The van der Waals surface area contributed by atoms with E-state index in [1.165, 1.54) is 27.9 Å². The molecular formula is C10H8INO2. The minimum atomic E-state index is -0.463. The fraction of sp³-hybridized carbons (Fsp3) is 0.100. The van der Waals surface area contributed by atoms with Gasteiger partial charge in [-0.3, -0.25) is 4.90 Å². The quantitative estimate of drug-likeness (QED) is 0.621. The SMILES string of the molecule is C#CCN(C(=O)OI)c1ccccc1. The van der Waals surface area contributed by atoms with Crippen LogP contribution in [0.1, 0.15) is 0 Å². The first kappa shape index (κ1) is 10.9. The lowest BCUT2D eigenvalue weighted by molar-refractivity contribution is 0.222. The molecule has 0 saturated carbocycles. The molecule has 72 valence electrons. The molecule has 0 atom stereocenters. The smallest absolute Gasteiger partial charge is 0.378 e. The van der Waals surface area contributed by atoms with Crippen LogP contribution in [-0.4, -0.2) is 12.6 Å². The Morgan fingerprint density at radius 2 is 2.14 bits per heavy atom. The highest BCUT2D eigenvalue weighted by molar-refractivity contribution is 14.1. The lowest BCUT2D eigenvalue weighted by Gasteiger charge is -2.17. The number of rotatable bonds is 2. The van der Waals surface area contributed by atoms with E-state index in [2.05, 4.69) is 8.99 Å². The third-order valence-electron chi connectivity index (χ3n) is 1.60. The Hall–Kier alpha value is -1.22. The summed E-state index contributed by atoms with van der Waals surface area (Å²) < 4.78 is 4.58. The predicted octanol–water partition coefficient (Wildman–Crippen LogP) is 2.61. The standard InChI is InChI=1S/C10H8INO2/c1-2-8-12(10(13)14-11)9-6-4-3-5-7-9/h1,3-7H,8H2. The number of halogens is 1. The Balaban J connectivity index is 2.90. The normalized spacial score (nSPS) is 8.86. The average Bonchev–Trinajstić information content (AvgIpc) is 2.26. The second-order valence-corrected chi connectivity index (χ2v) is 2.91. The summed E-state index contributed by atoms with van der Waals surface area (Å²) in [5.74, 6) is 2.40. The van der Waals surface area contributed by atoms with E-state index in [1.54, 1.807) is 12.1 Å². The minimum absolute atomic E-state index is 0.200. The van der Waals surface area contributed by atoms with Crippen molar-refractivity contribution in [2.75, 3.05) is 11.4 Å². The van der Waals surface area contributed by atoms with Gasteiger partial charge in [0.1, 0.15) is 0 Å². The fourth-order valence-corrected chi connectivity index (χ4v) is 1.24. The maximum Gasteiger partial charge on any atom is 0.424 e. The Kier molecular flexibility index (Phi) is 4.26. The van der Waals surface area contributed by atoms with Crippen molar-refractivity contribution in [3.05, 3.63) is 30.3 Å². The Labute approximate surface area is 96.7 Å². The molecular weight excluding hydrogens is 293 g/mol. The van der Waals surface area contributed by atoms with E-state index in [0.717, 1.165) is 5.69 Å². The molecule has 0 unspecified atom stereocenters. The van der Waals surface area contributed by atoms with Crippen LogP contribution in [0.3, 0.4) is 0 Å². The number of terminal acetylenes is 1. The van der Waals surface area contributed by atoms with Gasteiger partial charge >= 0.3 is 6.09 Å². The van der Waals surface area contributed by atoms with Crippen molar-refractivity contribution in [2.24, 2.45) is 0 Å². The van der Waals surface area contributed by atoms with Gasteiger partial charge in [-0.1, -0.05) is 24.1 Å². The molecule has 0 fully saturated rings. The molecule has 0 heterocycles. The number of carbonyl (C=O) groups is 1. The van der Waals surface area contributed by atoms with Gasteiger partial charge in [0.2, 0.25) is 0 Å². The molecule has 4 heteroatoms. The Morgan fingerprint density at radius 3 is 2.64 bits per heavy atom. The average molecular weight is 301 g/mol. The third kappa shape index (κ3) is 2.64. The number of carbonyl (C=O) groups excluding carboxylic acids is 1. The van der Waals surface area contributed by atoms with E-state index in [-0.39, 0.29) is 6.54 Å². The van der Waals surface area contributed by atoms with Gasteiger partial charge in [-0.05, 0) is 12.1 Å². The number of hydrogen-bond donors (Lipinski definition) is 0. The molecule has 0 radical (unpaired) electrons. The lowest BCUT2D eigenvalue weighted by atomic mass is 10.3. The van der Waals surface area contributed by atoms with E-state index in [9.17, 15) is 4.79 Å². The summed E-state index contributed by atoms with van der Waals surface area (Å²) in [5.41, 5.74) is 0.729. The highest BCUT2D eigenvalue weighted by Gasteiger charge is 2.14. The second-order valence-electron chi connectivity index (χ2n) is 2.47. The van der Waals surface area contributed by atoms with Crippen LogP contribution in [-0.2, 0) is 3.07 Å². The second kappa shape index (κ2) is 5.50. The maximum absolute atomic E-state index is 11.3. The van der Waals surface area contributed by atoms with Crippen LogP contribution in [0.2, 0.25) is 0 Å². The molecule has 1 rings (SSSR count). The van der Waals surface area contributed by atoms with Crippen molar-refractivity contribution >= 4 is 34.8 Å². The van der Waals surface area contributed by atoms with E-state index in [4.69, 9.17) is 6.42 Å². The van der Waals surface area contributed by atoms with Gasteiger partial charge in [0.05, 0.1) is 6.54 Å².